The first-order valence-corrected chi connectivity index (χ1v) is 6.66. The summed E-state index contributed by atoms with van der Waals surface area (Å²) in [7, 11) is 0. The summed E-state index contributed by atoms with van der Waals surface area (Å²) in [6.45, 7) is 0. The summed E-state index contributed by atoms with van der Waals surface area (Å²) in [6.07, 6.45) is 4.82. The molecule has 0 saturated carbocycles. The number of pyridine rings is 2. The number of hydrogen-bond acceptors (Lipinski definition) is 4. The maximum absolute atomic E-state index is 13.9. The van der Waals surface area contributed by atoms with Gasteiger partial charge in [0, 0.05) is 29.1 Å². The molecule has 0 spiro atoms. The first-order chi connectivity index (χ1) is 10.7. The Morgan fingerprint density at radius 1 is 1.05 bits per heavy atom. The number of nitrogens with two attached hydrogens (primary N) is 1. The standard InChI is InChI=1S/C17H13FN4/c18-14-6-2-1-5-12(14)17(20)13-8-16(22-10-15(13)19)11-4-3-7-21-9-11/h1-10,20H,19H2. The molecule has 3 aromatic rings. The third kappa shape index (κ3) is 2.56. The highest BCUT2D eigenvalue weighted by Gasteiger charge is 2.14. The predicted molar refractivity (Wildman–Crippen MR) is 84.2 cm³/mol. The van der Waals surface area contributed by atoms with Gasteiger partial charge >= 0.3 is 0 Å². The minimum Gasteiger partial charge on any atom is -0.397 e. The van der Waals surface area contributed by atoms with E-state index in [1.54, 1.807) is 42.7 Å². The molecular formula is C17H13FN4. The maximum Gasteiger partial charge on any atom is 0.132 e. The Hall–Kier alpha value is -3.08. The summed E-state index contributed by atoms with van der Waals surface area (Å²) in [5.74, 6) is -0.452. The van der Waals surface area contributed by atoms with Crippen LogP contribution in [0.5, 0.6) is 0 Å². The molecule has 4 nitrogen and oxygen atoms in total. The zero-order valence-electron chi connectivity index (χ0n) is 11.6. The van der Waals surface area contributed by atoms with Crippen LogP contribution >= 0.6 is 0 Å². The molecule has 2 aromatic heterocycles. The normalized spacial score (nSPS) is 10.4. The van der Waals surface area contributed by atoms with Crippen LogP contribution in [0.15, 0.2) is 61.1 Å². The topological polar surface area (TPSA) is 75.7 Å². The predicted octanol–water partition coefficient (Wildman–Crippen LogP) is 3.28. The molecule has 0 aliphatic heterocycles. The van der Waals surface area contributed by atoms with Gasteiger partial charge in [0.2, 0.25) is 0 Å². The van der Waals surface area contributed by atoms with Gasteiger partial charge < -0.3 is 5.73 Å². The van der Waals surface area contributed by atoms with Crippen LogP contribution in [-0.4, -0.2) is 15.7 Å². The average Bonchev–Trinajstić information content (AvgIpc) is 2.56. The second-order valence-electron chi connectivity index (χ2n) is 4.75. The van der Waals surface area contributed by atoms with Gasteiger partial charge in [-0.25, -0.2) is 4.39 Å². The van der Waals surface area contributed by atoms with Crippen LogP contribution < -0.4 is 5.73 Å². The number of anilines is 1. The SMILES string of the molecule is N=C(c1cc(-c2cccnc2)ncc1N)c1ccccc1F. The molecule has 0 aliphatic rings. The number of nitrogens with zero attached hydrogens (tertiary/aromatic N) is 2. The van der Waals surface area contributed by atoms with E-state index in [2.05, 4.69) is 9.97 Å². The quantitative estimate of drug-likeness (QED) is 0.727. The summed E-state index contributed by atoms with van der Waals surface area (Å²) < 4.78 is 13.9. The van der Waals surface area contributed by atoms with E-state index in [0.29, 0.717) is 16.9 Å². The van der Waals surface area contributed by atoms with Crippen molar-refractivity contribution >= 4 is 11.4 Å². The summed E-state index contributed by atoms with van der Waals surface area (Å²) in [6, 6.07) is 11.5. The minimum atomic E-state index is -0.452. The van der Waals surface area contributed by atoms with E-state index < -0.39 is 5.82 Å². The molecule has 3 N–H and O–H groups in total. The number of rotatable bonds is 3. The monoisotopic (exact) mass is 292 g/mol. The highest BCUT2D eigenvalue weighted by Crippen LogP contribution is 2.23. The molecule has 1 aromatic carbocycles. The van der Waals surface area contributed by atoms with E-state index in [-0.39, 0.29) is 11.3 Å². The van der Waals surface area contributed by atoms with Gasteiger partial charge in [-0.15, -0.1) is 0 Å². The zero-order valence-corrected chi connectivity index (χ0v) is 11.6. The Bertz CT molecular complexity index is 831. The summed E-state index contributed by atoms with van der Waals surface area (Å²) >= 11 is 0. The lowest BCUT2D eigenvalue weighted by molar-refractivity contribution is 0.625. The Balaban J connectivity index is 2.08. The van der Waals surface area contributed by atoms with Crippen molar-refractivity contribution in [2.45, 2.75) is 0 Å². The average molecular weight is 292 g/mol. The molecule has 3 rings (SSSR count). The van der Waals surface area contributed by atoms with Crippen LogP contribution in [0.1, 0.15) is 11.1 Å². The molecule has 0 bridgehead atoms. The van der Waals surface area contributed by atoms with Crippen molar-refractivity contribution in [2.75, 3.05) is 5.73 Å². The number of nitrogens with one attached hydrogen (secondary N) is 1. The summed E-state index contributed by atoms with van der Waals surface area (Å²) in [5.41, 5.74) is 8.38. The molecule has 0 unspecified atom stereocenters. The van der Waals surface area contributed by atoms with Crippen molar-refractivity contribution in [3.63, 3.8) is 0 Å². The Labute approximate surface area is 127 Å². The van der Waals surface area contributed by atoms with E-state index in [9.17, 15) is 4.39 Å². The fourth-order valence-corrected chi connectivity index (χ4v) is 2.16. The van der Waals surface area contributed by atoms with Crippen LogP contribution in [0.3, 0.4) is 0 Å². The van der Waals surface area contributed by atoms with Crippen molar-refractivity contribution in [1.29, 1.82) is 5.41 Å². The van der Waals surface area contributed by atoms with Crippen molar-refractivity contribution in [1.82, 2.24) is 9.97 Å². The molecule has 0 aliphatic carbocycles. The van der Waals surface area contributed by atoms with Crippen LogP contribution in [-0.2, 0) is 0 Å². The van der Waals surface area contributed by atoms with Gasteiger partial charge in [0.25, 0.3) is 0 Å². The van der Waals surface area contributed by atoms with Crippen LogP contribution in [0.4, 0.5) is 10.1 Å². The van der Waals surface area contributed by atoms with E-state index in [1.807, 2.05) is 6.07 Å². The van der Waals surface area contributed by atoms with Gasteiger partial charge in [-0.3, -0.25) is 15.4 Å². The second-order valence-corrected chi connectivity index (χ2v) is 4.75. The van der Waals surface area contributed by atoms with E-state index in [0.717, 1.165) is 5.56 Å². The summed E-state index contributed by atoms with van der Waals surface area (Å²) in [4.78, 5) is 8.30. The fraction of sp³-hybridized carbons (Fsp3) is 0. The van der Waals surface area contributed by atoms with Crippen molar-refractivity contribution in [2.24, 2.45) is 0 Å². The van der Waals surface area contributed by atoms with Gasteiger partial charge in [0.15, 0.2) is 0 Å². The van der Waals surface area contributed by atoms with E-state index in [4.69, 9.17) is 11.1 Å². The smallest absolute Gasteiger partial charge is 0.132 e. The van der Waals surface area contributed by atoms with Gasteiger partial charge in [0.05, 0.1) is 23.3 Å². The molecule has 0 atom stereocenters. The number of benzene rings is 1. The largest absolute Gasteiger partial charge is 0.397 e. The first-order valence-electron chi connectivity index (χ1n) is 6.66. The third-order valence-electron chi connectivity index (χ3n) is 3.30. The molecule has 0 amide bonds. The van der Waals surface area contributed by atoms with Crippen molar-refractivity contribution in [3.05, 3.63) is 78.0 Å². The van der Waals surface area contributed by atoms with Crippen molar-refractivity contribution < 1.29 is 4.39 Å². The number of aromatic nitrogens is 2. The number of hydrogen-bond donors (Lipinski definition) is 2. The highest BCUT2D eigenvalue weighted by molar-refractivity contribution is 6.14. The van der Waals surface area contributed by atoms with E-state index >= 15 is 0 Å². The van der Waals surface area contributed by atoms with Gasteiger partial charge in [0.1, 0.15) is 5.82 Å². The van der Waals surface area contributed by atoms with Crippen LogP contribution in [0, 0.1) is 11.2 Å². The Morgan fingerprint density at radius 3 is 2.59 bits per heavy atom. The Kier molecular flexibility index (Phi) is 3.62. The zero-order chi connectivity index (χ0) is 15.5. The van der Waals surface area contributed by atoms with Crippen LogP contribution in [0.2, 0.25) is 0 Å². The fourth-order valence-electron chi connectivity index (χ4n) is 2.16. The van der Waals surface area contributed by atoms with Crippen molar-refractivity contribution in [3.8, 4) is 11.3 Å². The lowest BCUT2D eigenvalue weighted by Crippen LogP contribution is -2.08. The lowest BCUT2D eigenvalue weighted by atomic mass is 10.00. The molecule has 0 radical (unpaired) electrons. The highest BCUT2D eigenvalue weighted by atomic mass is 19.1. The number of halogens is 1. The molecule has 0 fully saturated rings. The third-order valence-corrected chi connectivity index (χ3v) is 3.30. The van der Waals surface area contributed by atoms with Gasteiger partial charge in [-0.2, -0.15) is 0 Å². The minimum absolute atomic E-state index is 0.0307. The van der Waals surface area contributed by atoms with Gasteiger partial charge in [-0.05, 0) is 30.3 Å². The molecule has 22 heavy (non-hydrogen) atoms. The molecule has 5 heteroatoms. The summed E-state index contributed by atoms with van der Waals surface area (Å²) in [5, 5.41) is 8.25. The lowest BCUT2D eigenvalue weighted by Gasteiger charge is -2.10. The molecule has 108 valence electrons. The Morgan fingerprint density at radius 2 is 1.86 bits per heavy atom. The molecule has 0 saturated heterocycles. The molecular weight excluding hydrogens is 279 g/mol. The maximum atomic E-state index is 13.9. The van der Waals surface area contributed by atoms with Crippen LogP contribution in [0.25, 0.3) is 11.3 Å². The first kappa shape index (κ1) is 13.9. The van der Waals surface area contributed by atoms with E-state index in [1.165, 1.54) is 12.3 Å². The number of nitrogen functional groups attached to an aromatic ring is 1. The molecule has 2 heterocycles. The van der Waals surface area contributed by atoms with Gasteiger partial charge in [-0.1, -0.05) is 12.1 Å². The second kappa shape index (κ2) is 5.73.